The standard InChI is InChI=1S/C33H34FN3O4/c34-25-18-16-24(17-19-25)22-37(29(21-23-9-2-1-3-10-23)31(39)35-26-11-4-5-12-26)30(38)15-8-20-36-32(40)27-13-6-7-14-28(27)33(36)41/h1-3,6-7,9-10,13-14,16-19,26,29H,4-5,8,11-12,15,20-22H2,(H,35,39). The van der Waals surface area contributed by atoms with Crippen molar-refractivity contribution in [1.82, 2.24) is 15.1 Å². The van der Waals surface area contributed by atoms with E-state index in [1.165, 1.54) is 17.0 Å². The molecule has 4 amide bonds. The molecule has 1 saturated carbocycles. The molecule has 0 spiro atoms. The second-order valence-electron chi connectivity index (χ2n) is 10.8. The molecule has 7 nitrogen and oxygen atoms in total. The molecular formula is C33H34FN3O4. The van der Waals surface area contributed by atoms with Gasteiger partial charge in [0.15, 0.2) is 0 Å². The molecule has 0 bridgehead atoms. The van der Waals surface area contributed by atoms with Crippen LogP contribution in [0, 0.1) is 5.82 Å². The minimum Gasteiger partial charge on any atom is -0.352 e. The molecule has 1 fully saturated rings. The number of amides is 4. The SMILES string of the molecule is O=C(NC1CCCC1)C(Cc1ccccc1)N(Cc1ccc(F)cc1)C(=O)CCCN1C(=O)c2ccccc2C1=O. The molecule has 1 heterocycles. The topological polar surface area (TPSA) is 86.8 Å². The van der Waals surface area contributed by atoms with Gasteiger partial charge >= 0.3 is 0 Å². The second kappa shape index (κ2) is 12.9. The summed E-state index contributed by atoms with van der Waals surface area (Å²) in [6.45, 7) is 0.224. The third kappa shape index (κ3) is 6.70. The summed E-state index contributed by atoms with van der Waals surface area (Å²) in [5.74, 6) is -1.59. The van der Waals surface area contributed by atoms with E-state index in [-0.39, 0.29) is 61.4 Å². The van der Waals surface area contributed by atoms with Gasteiger partial charge in [-0.3, -0.25) is 24.1 Å². The summed E-state index contributed by atoms with van der Waals surface area (Å²) in [4.78, 5) is 55.8. The van der Waals surface area contributed by atoms with Crippen molar-refractivity contribution < 1.29 is 23.6 Å². The summed E-state index contributed by atoms with van der Waals surface area (Å²) in [7, 11) is 0. The number of nitrogens with zero attached hydrogens (tertiary/aromatic N) is 2. The second-order valence-corrected chi connectivity index (χ2v) is 10.8. The smallest absolute Gasteiger partial charge is 0.261 e. The Morgan fingerprint density at radius 1 is 0.854 bits per heavy atom. The molecule has 2 aliphatic rings. The van der Waals surface area contributed by atoms with Crippen LogP contribution < -0.4 is 5.32 Å². The Bertz CT molecular complexity index is 1370. The average molecular weight is 556 g/mol. The molecule has 5 rings (SSSR count). The van der Waals surface area contributed by atoms with Gasteiger partial charge in [-0.15, -0.1) is 0 Å². The minimum atomic E-state index is -0.783. The van der Waals surface area contributed by atoms with Crippen molar-refractivity contribution in [1.29, 1.82) is 0 Å². The molecular weight excluding hydrogens is 521 g/mol. The third-order valence-electron chi connectivity index (χ3n) is 7.89. The third-order valence-corrected chi connectivity index (χ3v) is 7.89. The van der Waals surface area contributed by atoms with E-state index in [0.29, 0.717) is 23.1 Å². The first-order valence-electron chi connectivity index (χ1n) is 14.2. The van der Waals surface area contributed by atoms with E-state index in [9.17, 15) is 23.6 Å². The molecule has 3 aromatic carbocycles. The molecule has 1 aliphatic heterocycles. The first kappa shape index (κ1) is 28.2. The first-order valence-corrected chi connectivity index (χ1v) is 14.2. The average Bonchev–Trinajstić information content (AvgIpc) is 3.58. The van der Waals surface area contributed by atoms with E-state index in [4.69, 9.17) is 0 Å². The Hall–Kier alpha value is -4.33. The molecule has 3 aromatic rings. The summed E-state index contributed by atoms with van der Waals surface area (Å²) < 4.78 is 13.7. The van der Waals surface area contributed by atoms with Crippen LogP contribution in [0.15, 0.2) is 78.9 Å². The first-order chi connectivity index (χ1) is 19.9. The molecule has 8 heteroatoms. The van der Waals surface area contributed by atoms with Gasteiger partial charge in [-0.25, -0.2) is 4.39 Å². The van der Waals surface area contributed by atoms with Gasteiger partial charge in [-0.2, -0.15) is 0 Å². The summed E-state index contributed by atoms with van der Waals surface area (Å²) in [5.41, 5.74) is 2.36. The van der Waals surface area contributed by atoms with E-state index in [1.807, 2.05) is 30.3 Å². The van der Waals surface area contributed by atoms with Gasteiger partial charge in [-0.05, 0) is 54.7 Å². The van der Waals surface area contributed by atoms with Crippen LogP contribution in [0.2, 0.25) is 0 Å². The number of carbonyl (C=O) groups is 4. The Balaban J connectivity index is 1.35. The van der Waals surface area contributed by atoms with Crippen LogP contribution >= 0.6 is 0 Å². The van der Waals surface area contributed by atoms with Gasteiger partial charge in [0.05, 0.1) is 11.1 Å². The van der Waals surface area contributed by atoms with Gasteiger partial charge in [0.1, 0.15) is 11.9 Å². The molecule has 1 aliphatic carbocycles. The van der Waals surface area contributed by atoms with Gasteiger partial charge in [0.2, 0.25) is 11.8 Å². The Labute approximate surface area is 239 Å². The maximum Gasteiger partial charge on any atom is 0.261 e. The predicted molar refractivity (Wildman–Crippen MR) is 152 cm³/mol. The molecule has 1 atom stereocenters. The van der Waals surface area contributed by atoms with Crippen molar-refractivity contribution in [3.8, 4) is 0 Å². The summed E-state index contributed by atoms with van der Waals surface area (Å²) in [6.07, 6.45) is 4.56. The Morgan fingerprint density at radius 2 is 1.46 bits per heavy atom. The number of rotatable bonds is 11. The van der Waals surface area contributed by atoms with Crippen LogP contribution in [0.25, 0.3) is 0 Å². The van der Waals surface area contributed by atoms with Crippen molar-refractivity contribution in [3.05, 3.63) is 107 Å². The molecule has 0 aromatic heterocycles. The summed E-state index contributed by atoms with van der Waals surface area (Å²) in [5, 5.41) is 3.16. The van der Waals surface area contributed by atoms with Crippen molar-refractivity contribution in [2.24, 2.45) is 0 Å². The largest absolute Gasteiger partial charge is 0.352 e. The maximum absolute atomic E-state index is 13.8. The number of halogens is 1. The number of hydrogen-bond donors (Lipinski definition) is 1. The zero-order valence-electron chi connectivity index (χ0n) is 22.9. The van der Waals surface area contributed by atoms with E-state index < -0.39 is 6.04 Å². The fraction of sp³-hybridized carbons (Fsp3) is 0.333. The highest BCUT2D eigenvalue weighted by atomic mass is 19.1. The molecule has 1 unspecified atom stereocenters. The van der Waals surface area contributed by atoms with Crippen molar-refractivity contribution in [2.75, 3.05) is 6.54 Å². The van der Waals surface area contributed by atoms with Crippen LogP contribution in [0.1, 0.15) is 70.4 Å². The van der Waals surface area contributed by atoms with E-state index >= 15 is 0 Å². The van der Waals surface area contributed by atoms with Crippen molar-refractivity contribution >= 4 is 23.6 Å². The molecule has 212 valence electrons. The minimum absolute atomic E-state index is 0.0383. The van der Waals surface area contributed by atoms with Crippen molar-refractivity contribution in [3.63, 3.8) is 0 Å². The molecule has 41 heavy (non-hydrogen) atoms. The highest BCUT2D eigenvalue weighted by Crippen LogP contribution is 2.24. The molecule has 0 saturated heterocycles. The summed E-state index contributed by atoms with van der Waals surface area (Å²) in [6, 6.07) is 21.4. The highest BCUT2D eigenvalue weighted by Gasteiger charge is 2.36. The number of benzene rings is 3. The summed E-state index contributed by atoms with van der Waals surface area (Å²) >= 11 is 0. The Morgan fingerprint density at radius 3 is 2.10 bits per heavy atom. The van der Waals surface area contributed by atoms with E-state index in [2.05, 4.69) is 5.32 Å². The lowest BCUT2D eigenvalue weighted by molar-refractivity contribution is -0.141. The number of hydrogen-bond acceptors (Lipinski definition) is 4. The zero-order valence-corrected chi connectivity index (χ0v) is 22.9. The van der Waals surface area contributed by atoms with Gasteiger partial charge in [-0.1, -0.05) is 67.4 Å². The fourth-order valence-corrected chi connectivity index (χ4v) is 5.68. The Kier molecular flexibility index (Phi) is 8.87. The van der Waals surface area contributed by atoms with Crippen LogP contribution in [0.4, 0.5) is 4.39 Å². The zero-order chi connectivity index (χ0) is 28.8. The van der Waals surface area contributed by atoms with Gasteiger partial charge in [0.25, 0.3) is 11.8 Å². The fourth-order valence-electron chi connectivity index (χ4n) is 5.68. The van der Waals surface area contributed by atoms with Crippen LogP contribution in [0.3, 0.4) is 0 Å². The monoisotopic (exact) mass is 555 g/mol. The molecule has 1 N–H and O–H groups in total. The normalized spacial score (nSPS) is 15.6. The van der Waals surface area contributed by atoms with Crippen LogP contribution in [-0.4, -0.2) is 52.1 Å². The molecule has 0 radical (unpaired) electrons. The van der Waals surface area contributed by atoms with E-state index in [0.717, 1.165) is 31.2 Å². The van der Waals surface area contributed by atoms with Crippen LogP contribution in [-0.2, 0) is 22.6 Å². The lowest BCUT2D eigenvalue weighted by atomic mass is 10.0. The maximum atomic E-state index is 13.8. The van der Waals surface area contributed by atoms with Gasteiger partial charge < -0.3 is 10.2 Å². The number of nitrogens with one attached hydrogen (secondary N) is 1. The number of imide groups is 1. The highest BCUT2D eigenvalue weighted by molar-refractivity contribution is 6.21. The lowest BCUT2D eigenvalue weighted by Crippen LogP contribution is -2.52. The predicted octanol–water partition coefficient (Wildman–Crippen LogP) is 4.90. The van der Waals surface area contributed by atoms with Crippen molar-refractivity contribution in [2.45, 2.75) is 63.6 Å². The number of carbonyl (C=O) groups excluding carboxylic acids is 4. The van der Waals surface area contributed by atoms with Gasteiger partial charge in [0, 0.05) is 32.0 Å². The van der Waals surface area contributed by atoms with Crippen LogP contribution in [0.5, 0.6) is 0 Å². The lowest BCUT2D eigenvalue weighted by Gasteiger charge is -2.32. The van der Waals surface area contributed by atoms with E-state index in [1.54, 1.807) is 41.3 Å². The number of fused-ring (bicyclic) bond motifs is 1. The quantitative estimate of drug-likeness (QED) is 0.341.